The van der Waals surface area contributed by atoms with E-state index in [1.165, 1.54) is 27.7 Å². The Bertz CT molecular complexity index is 964. The zero-order chi connectivity index (χ0) is 18.0. The summed E-state index contributed by atoms with van der Waals surface area (Å²) in [5.74, 6) is -0.240. The number of anilines is 1. The summed E-state index contributed by atoms with van der Waals surface area (Å²) < 4.78 is 1.48. The van der Waals surface area contributed by atoms with Gasteiger partial charge in [-0.05, 0) is 37.8 Å². The number of aryl methyl sites for hydroxylation is 1. The van der Waals surface area contributed by atoms with E-state index in [0.717, 1.165) is 16.1 Å². The van der Waals surface area contributed by atoms with E-state index in [1.54, 1.807) is 6.92 Å². The van der Waals surface area contributed by atoms with Crippen molar-refractivity contribution in [3.05, 3.63) is 51.6 Å². The molecule has 7 heteroatoms. The van der Waals surface area contributed by atoms with Crippen molar-refractivity contribution in [2.75, 3.05) is 11.6 Å². The molecule has 1 amide bonds. The number of carbonyl (C=O) groups excluding carboxylic acids is 1. The number of hydrogen-bond acceptors (Lipinski definition) is 5. The van der Waals surface area contributed by atoms with Gasteiger partial charge in [0.25, 0.3) is 5.56 Å². The Morgan fingerprint density at radius 2 is 2.08 bits per heavy atom. The van der Waals surface area contributed by atoms with Crippen LogP contribution in [0.1, 0.15) is 24.8 Å². The van der Waals surface area contributed by atoms with Crippen LogP contribution >= 0.6 is 23.1 Å². The van der Waals surface area contributed by atoms with E-state index in [9.17, 15) is 9.59 Å². The summed E-state index contributed by atoms with van der Waals surface area (Å²) in [7, 11) is 0. The third kappa shape index (κ3) is 3.48. The van der Waals surface area contributed by atoms with E-state index in [2.05, 4.69) is 17.2 Å². The number of benzene rings is 1. The molecule has 0 spiro atoms. The minimum Gasteiger partial charge on any atom is -0.324 e. The van der Waals surface area contributed by atoms with Crippen molar-refractivity contribution in [2.24, 2.45) is 0 Å². The van der Waals surface area contributed by atoms with Crippen LogP contribution in [-0.4, -0.2) is 21.7 Å². The number of rotatable bonds is 5. The SMILES string of the molecule is CCc1cc2c(=O)n(C(C)C(=O)Nc3ccccc3)c(SC)nc2s1. The van der Waals surface area contributed by atoms with Crippen LogP contribution < -0.4 is 10.9 Å². The molecular weight excluding hydrogens is 354 g/mol. The van der Waals surface area contributed by atoms with Crippen molar-refractivity contribution in [1.29, 1.82) is 0 Å². The highest BCUT2D eigenvalue weighted by atomic mass is 32.2. The maximum absolute atomic E-state index is 13.0. The summed E-state index contributed by atoms with van der Waals surface area (Å²) in [6.07, 6.45) is 2.72. The van der Waals surface area contributed by atoms with Gasteiger partial charge in [0.05, 0.1) is 5.39 Å². The van der Waals surface area contributed by atoms with E-state index >= 15 is 0 Å². The average Bonchev–Trinajstić information content (AvgIpc) is 3.05. The molecule has 0 fully saturated rings. The molecule has 5 nitrogen and oxygen atoms in total. The van der Waals surface area contributed by atoms with Crippen molar-refractivity contribution in [1.82, 2.24) is 9.55 Å². The summed E-state index contributed by atoms with van der Waals surface area (Å²) in [5, 5.41) is 3.99. The third-order valence-corrected chi connectivity index (χ3v) is 5.78. The van der Waals surface area contributed by atoms with Gasteiger partial charge < -0.3 is 5.32 Å². The Morgan fingerprint density at radius 3 is 2.72 bits per heavy atom. The summed E-state index contributed by atoms with van der Waals surface area (Å²) in [4.78, 5) is 32.0. The fourth-order valence-corrected chi connectivity index (χ4v) is 4.21. The van der Waals surface area contributed by atoms with Crippen LogP contribution in [0.25, 0.3) is 10.2 Å². The van der Waals surface area contributed by atoms with Gasteiger partial charge in [-0.25, -0.2) is 4.98 Å². The number of fused-ring (bicyclic) bond motifs is 1. The van der Waals surface area contributed by atoms with Gasteiger partial charge in [0.1, 0.15) is 10.9 Å². The first kappa shape index (κ1) is 17.7. The highest BCUT2D eigenvalue weighted by Gasteiger charge is 2.22. The van der Waals surface area contributed by atoms with E-state index in [1.807, 2.05) is 42.7 Å². The van der Waals surface area contributed by atoms with E-state index in [-0.39, 0.29) is 11.5 Å². The standard InChI is InChI=1S/C18H19N3O2S2/c1-4-13-10-14-16(25-13)20-18(24-3)21(17(14)23)11(2)15(22)19-12-8-6-5-7-9-12/h5-11H,4H2,1-3H3,(H,19,22). The van der Waals surface area contributed by atoms with Gasteiger partial charge in [-0.3, -0.25) is 14.2 Å². The zero-order valence-corrected chi connectivity index (χ0v) is 15.9. The molecule has 130 valence electrons. The van der Waals surface area contributed by atoms with Gasteiger partial charge >= 0.3 is 0 Å². The quantitative estimate of drug-likeness (QED) is 0.543. The number of thioether (sulfide) groups is 1. The number of nitrogens with one attached hydrogen (secondary N) is 1. The van der Waals surface area contributed by atoms with Crippen LogP contribution in [0.2, 0.25) is 0 Å². The molecule has 1 aromatic carbocycles. The van der Waals surface area contributed by atoms with Gasteiger partial charge in [-0.15, -0.1) is 11.3 Å². The first-order valence-electron chi connectivity index (χ1n) is 8.00. The molecule has 0 aliphatic heterocycles. The molecule has 0 saturated heterocycles. The Labute approximate surface area is 154 Å². The number of aromatic nitrogens is 2. The molecule has 1 atom stereocenters. The molecule has 0 radical (unpaired) electrons. The van der Waals surface area contributed by atoms with Gasteiger partial charge in [0, 0.05) is 10.6 Å². The average molecular weight is 374 g/mol. The number of carbonyl (C=O) groups is 1. The number of hydrogen-bond donors (Lipinski definition) is 1. The molecule has 0 bridgehead atoms. The summed E-state index contributed by atoms with van der Waals surface area (Å²) in [6.45, 7) is 3.77. The lowest BCUT2D eigenvalue weighted by molar-refractivity contribution is -0.119. The van der Waals surface area contributed by atoms with Crippen molar-refractivity contribution in [3.8, 4) is 0 Å². The van der Waals surface area contributed by atoms with Crippen LogP contribution in [0.5, 0.6) is 0 Å². The molecule has 1 unspecified atom stereocenters. The van der Waals surface area contributed by atoms with Crippen molar-refractivity contribution < 1.29 is 4.79 Å². The van der Waals surface area contributed by atoms with Gasteiger partial charge in [-0.1, -0.05) is 36.9 Å². The molecule has 25 heavy (non-hydrogen) atoms. The smallest absolute Gasteiger partial charge is 0.263 e. The van der Waals surface area contributed by atoms with Crippen molar-refractivity contribution in [3.63, 3.8) is 0 Å². The monoisotopic (exact) mass is 373 g/mol. The lowest BCUT2D eigenvalue weighted by Gasteiger charge is -2.17. The fraction of sp³-hybridized carbons (Fsp3) is 0.278. The van der Waals surface area contributed by atoms with Crippen LogP contribution in [0.4, 0.5) is 5.69 Å². The molecule has 2 heterocycles. The van der Waals surface area contributed by atoms with Gasteiger partial charge in [0.15, 0.2) is 5.16 Å². The molecule has 2 aromatic heterocycles. The summed E-state index contributed by atoms with van der Waals surface area (Å²) >= 11 is 2.91. The lowest BCUT2D eigenvalue weighted by atomic mass is 10.2. The number of para-hydroxylation sites is 1. The van der Waals surface area contributed by atoms with Crippen LogP contribution in [-0.2, 0) is 11.2 Å². The van der Waals surface area contributed by atoms with Crippen LogP contribution in [0, 0.1) is 0 Å². The van der Waals surface area contributed by atoms with Gasteiger partial charge in [-0.2, -0.15) is 0 Å². The normalized spacial score (nSPS) is 12.3. The molecular formula is C18H19N3O2S2. The topological polar surface area (TPSA) is 64.0 Å². The van der Waals surface area contributed by atoms with Gasteiger partial charge in [0.2, 0.25) is 5.91 Å². The first-order chi connectivity index (χ1) is 12.0. The second kappa shape index (κ2) is 7.41. The maximum atomic E-state index is 13.0. The minimum atomic E-state index is -0.656. The van der Waals surface area contributed by atoms with Crippen LogP contribution in [0.3, 0.4) is 0 Å². The first-order valence-corrected chi connectivity index (χ1v) is 10.0. The summed E-state index contributed by atoms with van der Waals surface area (Å²) in [5.41, 5.74) is 0.539. The Balaban J connectivity index is 2.02. The van der Waals surface area contributed by atoms with E-state index in [0.29, 0.717) is 16.2 Å². The number of thiophene rings is 1. The second-order valence-electron chi connectivity index (χ2n) is 5.59. The molecule has 0 aliphatic carbocycles. The Hall–Kier alpha value is -2.12. The predicted octanol–water partition coefficient (Wildman–Crippen LogP) is 3.94. The number of amides is 1. The minimum absolute atomic E-state index is 0.166. The van der Waals surface area contributed by atoms with E-state index < -0.39 is 6.04 Å². The van der Waals surface area contributed by atoms with Crippen molar-refractivity contribution >= 4 is 44.9 Å². The zero-order valence-electron chi connectivity index (χ0n) is 14.3. The van der Waals surface area contributed by atoms with Crippen LogP contribution in [0.15, 0.2) is 46.3 Å². The third-order valence-electron chi connectivity index (χ3n) is 3.96. The highest BCUT2D eigenvalue weighted by Crippen LogP contribution is 2.26. The lowest BCUT2D eigenvalue weighted by Crippen LogP contribution is -2.33. The Kier molecular flexibility index (Phi) is 5.24. The number of nitrogens with zero attached hydrogens (tertiary/aromatic N) is 2. The van der Waals surface area contributed by atoms with E-state index in [4.69, 9.17) is 0 Å². The highest BCUT2D eigenvalue weighted by molar-refractivity contribution is 7.98. The second-order valence-corrected chi connectivity index (χ2v) is 7.48. The Morgan fingerprint density at radius 1 is 1.36 bits per heavy atom. The molecule has 1 N–H and O–H groups in total. The largest absolute Gasteiger partial charge is 0.324 e. The molecule has 3 aromatic rings. The molecule has 0 aliphatic rings. The maximum Gasteiger partial charge on any atom is 0.263 e. The van der Waals surface area contributed by atoms with Crippen molar-refractivity contribution in [2.45, 2.75) is 31.5 Å². The molecule has 0 saturated carbocycles. The fourth-order valence-electron chi connectivity index (χ4n) is 2.57. The predicted molar refractivity (Wildman–Crippen MR) is 105 cm³/mol. The summed E-state index contributed by atoms with van der Waals surface area (Å²) in [6, 6.07) is 10.5. The molecule has 3 rings (SSSR count).